The van der Waals surface area contributed by atoms with E-state index in [1.165, 1.54) is 0 Å². The Balaban J connectivity index is 2.16. The summed E-state index contributed by atoms with van der Waals surface area (Å²) in [7, 11) is 0. The number of hydrogen-bond acceptors (Lipinski definition) is 3. The molecule has 0 bridgehead atoms. The molecular formula is C14H20N4O2. The summed E-state index contributed by atoms with van der Waals surface area (Å²) < 4.78 is 0. The lowest BCUT2D eigenvalue weighted by Crippen LogP contribution is -2.44. The van der Waals surface area contributed by atoms with Crippen LogP contribution in [0.3, 0.4) is 0 Å². The molecule has 2 aromatic rings. The van der Waals surface area contributed by atoms with Crippen LogP contribution < -0.4 is 16.7 Å². The van der Waals surface area contributed by atoms with Crippen LogP contribution in [0.1, 0.15) is 32.4 Å². The molecule has 2 atom stereocenters. The normalized spacial score (nSPS) is 14.4. The minimum Gasteiger partial charge on any atom is -0.348 e. The first-order valence-corrected chi connectivity index (χ1v) is 6.66. The molecule has 0 aliphatic heterocycles. The summed E-state index contributed by atoms with van der Waals surface area (Å²) in [5, 5.41) is 2.88. The molecule has 0 fully saturated rings. The molecule has 20 heavy (non-hydrogen) atoms. The second kappa shape index (κ2) is 5.50. The van der Waals surface area contributed by atoms with E-state index in [2.05, 4.69) is 15.3 Å². The van der Waals surface area contributed by atoms with Gasteiger partial charge in [-0.3, -0.25) is 4.79 Å². The Bertz CT molecular complexity index is 671. The minimum absolute atomic E-state index is 0.0886. The Morgan fingerprint density at radius 2 is 1.85 bits per heavy atom. The van der Waals surface area contributed by atoms with Gasteiger partial charge in [0, 0.05) is 0 Å². The van der Waals surface area contributed by atoms with E-state index in [0.717, 1.165) is 16.6 Å². The van der Waals surface area contributed by atoms with Gasteiger partial charge in [-0.25, -0.2) is 4.79 Å². The number of imidazole rings is 1. The number of nitrogens with two attached hydrogens (primary N) is 1. The fraction of sp³-hybridized carbons (Fsp3) is 0.429. The van der Waals surface area contributed by atoms with Crippen LogP contribution in [0.15, 0.2) is 23.0 Å². The van der Waals surface area contributed by atoms with E-state index in [-0.39, 0.29) is 23.6 Å². The first kappa shape index (κ1) is 14.3. The summed E-state index contributed by atoms with van der Waals surface area (Å²) in [5.41, 5.74) is 7.96. The third kappa shape index (κ3) is 2.91. The molecule has 108 valence electrons. The number of rotatable bonds is 4. The van der Waals surface area contributed by atoms with Gasteiger partial charge < -0.3 is 21.0 Å². The molecule has 0 saturated heterocycles. The monoisotopic (exact) mass is 276 g/mol. The summed E-state index contributed by atoms with van der Waals surface area (Å²) in [6.45, 7) is 5.70. The molecule has 0 aliphatic rings. The zero-order valence-electron chi connectivity index (χ0n) is 11.9. The van der Waals surface area contributed by atoms with Crippen molar-refractivity contribution in [3.05, 3.63) is 34.2 Å². The van der Waals surface area contributed by atoms with Crippen molar-refractivity contribution in [1.29, 1.82) is 0 Å². The van der Waals surface area contributed by atoms with Crippen LogP contribution >= 0.6 is 0 Å². The van der Waals surface area contributed by atoms with E-state index in [1.807, 2.05) is 39.0 Å². The number of aromatic nitrogens is 2. The highest BCUT2D eigenvalue weighted by atomic mass is 16.2. The molecule has 1 aromatic carbocycles. The third-order valence-electron chi connectivity index (χ3n) is 3.42. The number of fused-ring (bicyclic) bond motifs is 1. The third-order valence-corrected chi connectivity index (χ3v) is 3.42. The highest BCUT2D eigenvalue weighted by molar-refractivity contribution is 5.82. The molecular weight excluding hydrogens is 256 g/mol. The van der Waals surface area contributed by atoms with Crippen LogP contribution in [-0.4, -0.2) is 21.9 Å². The zero-order valence-corrected chi connectivity index (χ0v) is 11.9. The SMILES string of the molecule is CC(NC(=O)C(N)C(C)C)c1ccc2[nH]c(=O)[nH]c2c1. The number of amides is 1. The van der Waals surface area contributed by atoms with Crippen LogP contribution in [0.5, 0.6) is 0 Å². The summed E-state index contributed by atoms with van der Waals surface area (Å²) in [6.07, 6.45) is 0. The molecule has 1 aromatic heterocycles. The lowest BCUT2D eigenvalue weighted by Gasteiger charge is -2.20. The van der Waals surface area contributed by atoms with E-state index >= 15 is 0 Å². The van der Waals surface area contributed by atoms with E-state index in [1.54, 1.807) is 0 Å². The van der Waals surface area contributed by atoms with Crippen LogP contribution in [-0.2, 0) is 4.79 Å². The topological polar surface area (TPSA) is 104 Å². The lowest BCUT2D eigenvalue weighted by molar-refractivity contribution is -0.123. The van der Waals surface area contributed by atoms with Gasteiger partial charge in [0.15, 0.2) is 0 Å². The average molecular weight is 276 g/mol. The smallest absolute Gasteiger partial charge is 0.323 e. The largest absolute Gasteiger partial charge is 0.348 e. The average Bonchev–Trinajstić information content (AvgIpc) is 2.76. The van der Waals surface area contributed by atoms with Gasteiger partial charge in [0.1, 0.15) is 0 Å². The van der Waals surface area contributed by atoms with Crippen LogP contribution in [0.4, 0.5) is 0 Å². The van der Waals surface area contributed by atoms with Crippen molar-refractivity contribution in [1.82, 2.24) is 15.3 Å². The Morgan fingerprint density at radius 3 is 2.50 bits per heavy atom. The van der Waals surface area contributed by atoms with Gasteiger partial charge in [0.2, 0.25) is 5.91 Å². The zero-order chi connectivity index (χ0) is 14.9. The number of H-pyrrole nitrogens is 2. The van der Waals surface area contributed by atoms with Gasteiger partial charge >= 0.3 is 5.69 Å². The number of benzene rings is 1. The van der Waals surface area contributed by atoms with Gasteiger partial charge in [-0.15, -0.1) is 0 Å². The Labute approximate surface area is 116 Å². The quantitative estimate of drug-likeness (QED) is 0.670. The van der Waals surface area contributed by atoms with E-state index in [9.17, 15) is 9.59 Å². The maximum Gasteiger partial charge on any atom is 0.323 e. The van der Waals surface area contributed by atoms with Crippen LogP contribution in [0.2, 0.25) is 0 Å². The van der Waals surface area contributed by atoms with Crippen molar-refractivity contribution in [2.75, 3.05) is 0 Å². The fourth-order valence-corrected chi connectivity index (χ4v) is 2.02. The number of nitrogens with one attached hydrogen (secondary N) is 3. The summed E-state index contributed by atoms with van der Waals surface area (Å²) in [6, 6.07) is 4.84. The number of aromatic amines is 2. The number of hydrogen-bond donors (Lipinski definition) is 4. The maximum atomic E-state index is 11.9. The Kier molecular flexibility index (Phi) is 3.94. The Hall–Kier alpha value is -2.08. The standard InChI is InChI=1S/C14H20N4O2/c1-7(2)12(15)13(19)16-8(3)9-4-5-10-11(6-9)18-14(20)17-10/h4-8,12H,15H2,1-3H3,(H,16,19)(H2,17,18,20). The maximum absolute atomic E-state index is 11.9. The molecule has 0 spiro atoms. The molecule has 1 amide bonds. The summed E-state index contributed by atoms with van der Waals surface area (Å²) >= 11 is 0. The molecule has 2 unspecified atom stereocenters. The molecule has 2 rings (SSSR count). The van der Waals surface area contributed by atoms with E-state index in [4.69, 9.17) is 5.73 Å². The molecule has 5 N–H and O–H groups in total. The predicted molar refractivity (Wildman–Crippen MR) is 78.3 cm³/mol. The molecule has 6 nitrogen and oxygen atoms in total. The second-order valence-electron chi connectivity index (χ2n) is 5.38. The van der Waals surface area contributed by atoms with Crippen molar-refractivity contribution >= 4 is 16.9 Å². The van der Waals surface area contributed by atoms with Gasteiger partial charge in [-0.05, 0) is 30.5 Å². The molecule has 0 radical (unpaired) electrons. The van der Waals surface area contributed by atoms with Gasteiger partial charge in [0.25, 0.3) is 0 Å². The highest BCUT2D eigenvalue weighted by Crippen LogP contribution is 2.17. The fourth-order valence-electron chi connectivity index (χ4n) is 2.02. The number of carbonyl (C=O) groups is 1. The predicted octanol–water partition coefficient (Wildman–Crippen LogP) is 1.02. The number of carbonyl (C=O) groups excluding carboxylic acids is 1. The van der Waals surface area contributed by atoms with Crippen molar-refractivity contribution in [2.45, 2.75) is 32.9 Å². The molecule has 0 saturated carbocycles. The minimum atomic E-state index is -0.520. The van der Waals surface area contributed by atoms with Gasteiger partial charge in [-0.1, -0.05) is 19.9 Å². The van der Waals surface area contributed by atoms with Crippen molar-refractivity contribution in [3.8, 4) is 0 Å². The molecule has 1 heterocycles. The van der Waals surface area contributed by atoms with Gasteiger partial charge in [0.05, 0.1) is 23.1 Å². The highest BCUT2D eigenvalue weighted by Gasteiger charge is 2.19. The van der Waals surface area contributed by atoms with Gasteiger partial charge in [-0.2, -0.15) is 0 Å². The van der Waals surface area contributed by atoms with Crippen molar-refractivity contribution in [3.63, 3.8) is 0 Å². The Morgan fingerprint density at radius 1 is 1.20 bits per heavy atom. The van der Waals surface area contributed by atoms with Crippen LogP contribution in [0.25, 0.3) is 11.0 Å². The molecule has 6 heteroatoms. The van der Waals surface area contributed by atoms with E-state index < -0.39 is 6.04 Å². The van der Waals surface area contributed by atoms with E-state index in [0.29, 0.717) is 0 Å². The second-order valence-corrected chi connectivity index (χ2v) is 5.38. The van der Waals surface area contributed by atoms with Crippen LogP contribution in [0, 0.1) is 5.92 Å². The lowest BCUT2D eigenvalue weighted by atomic mass is 10.0. The first-order valence-electron chi connectivity index (χ1n) is 6.66. The first-order chi connectivity index (χ1) is 9.38. The van der Waals surface area contributed by atoms with Crippen molar-refractivity contribution < 1.29 is 4.79 Å². The summed E-state index contributed by atoms with van der Waals surface area (Å²) in [5.74, 6) is -0.0825. The molecule has 0 aliphatic carbocycles. The summed E-state index contributed by atoms with van der Waals surface area (Å²) in [4.78, 5) is 28.5. The van der Waals surface area contributed by atoms with Crippen molar-refractivity contribution in [2.24, 2.45) is 11.7 Å².